The van der Waals surface area contributed by atoms with Crippen LogP contribution in [0.3, 0.4) is 0 Å². The van der Waals surface area contributed by atoms with Crippen LogP contribution in [0.25, 0.3) is 0 Å². The van der Waals surface area contributed by atoms with Gasteiger partial charge in [-0.1, -0.05) is 18.6 Å². The lowest BCUT2D eigenvalue weighted by Crippen LogP contribution is -2.41. The molecule has 0 spiro atoms. The fourth-order valence-corrected chi connectivity index (χ4v) is 4.93. The lowest BCUT2D eigenvalue weighted by molar-refractivity contribution is -0.117. The third-order valence-corrected chi connectivity index (χ3v) is 7.11. The highest BCUT2D eigenvalue weighted by Crippen LogP contribution is 2.20. The van der Waals surface area contributed by atoms with Gasteiger partial charge in [-0.3, -0.25) is 9.59 Å². The molecule has 1 unspecified atom stereocenters. The summed E-state index contributed by atoms with van der Waals surface area (Å²) in [5.74, 6) is -0.233. The van der Waals surface area contributed by atoms with Crippen LogP contribution >= 0.6 is 11.3 Å². The molecule has 1 atom stereocenters. The highest BCUT2D eigenvalue weighted by atomic mass is 32.2. The Labute approximate surface area is 186 Å². The number of likely N-dealkylation sites (tertiary alicyclic amines) is 1. The lowest BCUT2D eigenvalue weighted by Gasteiger charge is -2.18. The molecule has 2 amide bonds. The van der Waals surface area contributed by atoms with Crippen LogP contribution in [0.1, 0.15) is 42.3 Å². The number of thiophene rings is 1. The maximum absolute atomic E-state index is 12.8. The Bertz CT molecular complexity index is 1060. The molecule has 0 bridgehead atoms. The summed E-state index contributed by atoms with van der Waals surface area (Å²) in [5.41, 5.74) is 0.317. The molecule has 2 N–H and O–H groups in total. The number of amidine groups is 1. The number of benzene rings is 1. The number of anilines is 1. The second-order valence-corrected chi connectivity index (χ2v) is 9.96. The molecule has 1 aromatic heterocycles. The van der Waals surface area contributed by atoms with E-state index in [0.717, 1.165) is 25.8 Å². The van der Waals surface area contributed by atoms with Crippen molar-refractivity contribution < 1.29 is 18.0 Å². The first-order valence-electron chi connectivity index (χ1n) is 10.1. The molecular formula is C21H26N4O4S2. The molecule has 1 fully saturated rings. The number of amides is 2. The van der Waals surface area contributed by atoms with E-state index in [0.29, 0.717) is 22.8 Å². The molecule has 1 aliphatic rings. The van der Waals surface area contributed by atoms with Crippen molar-refractivity contribution in [3.05, 3.63) is 46.7 Å². The molecular weight excluding hydrogens is 436 g/mol. The Morgan fingerprint density at radius 3 is 2.71 bits per heavy atom. The van der Waals surface area contributed by atoms with Gasteiger partial charge in [-0.05, 0) is 49.4 Å². The first kappa shape index (κ1) is 23.0. The van der Waals surface area contributed by atoms with Crippen LogP contribution in [0, 0.1) is 0 Å². The van der Waals surface area contributed by atoms with Crippen molar-refractivity contribution >= 4 is 44.7 Å². The van der Waals surface area contributed by atoms with Gasteiger partial charge in [0.2, 0.25) is 5.91 Å². The highest BCUT2D eigenvalue weighted by molar-refractivity contribution is 7.90. The van der Waals surface area contributed by atoms with E-state index in [-0.39, 0.29) is 10.8 Å². The number of carbonyl (C=O) groups is 2. The maximum atomic E-state index is 12.8. The summed E-state index contributed by atoms with van der Waals surface area (Å²) in [4.78, 5) is 27.0. The summed E-state index contributed by atoms with van der Waals surface area (Å²) in [6.07, 6.45) is 3.59. The van der Waals surface area contributed by atoms with Crippen molar-refractivity contribution in [2.45, 2.75) is 43.5 Å². The van der Waals surface area contributed by atoms with Gasteiger partial charge >= 0.3 is 0 Å². The van der Waals surface area contributed by atoms with Gasteiger partial charge in [0.05, 0.1) is 9.77 Å². The van der Waals surface area contributed by atoms with Crippen molar-refractivity contribution in [1.82, 2.24) is 10.2 Å². The molecule has 0 saturated carbocycles. The van der Waals surface area contributed by atoms with Gasteiger partial charge < -0.3 is 15.5 Å². The first-order chi connectivity index (χ1) is 14.8. The van der Waals surface area contributed by atoms with Crippen LogP contribution in [-0.4, -0.2) is 50.6 Å². The zero-order valence-electron chi connectivity index (χ0n) is 17.5. The van der Waals surface area contributed by atoms with E-state index in [1.54, 1.807) is 36.6 Å². The molecule has 166 valence electrons. The topological polar surface area (TPSA) is 108 Å². The van der Waals surface area contributed by atoms with Gasteiger partial charge in [-0.15, -0.1) is 15.7 Å². The number of hydrogen-bond acceptors (Lipinski definition) is 5. The predicted molar refractivity (Wildman–Crippen MR) is 122 cm³/mol. The normalized spacial score (nSPS) is 17.1. The quantitative estimate of drug-likeness (QED) is 0.686. The Hall–Kier alpha value is -2.72. The van der Waals surface area contributed by atoms with Gasteiger partial charge in [-0.25, -0.2) is 0 Å². The lowest BCUT2D eigenvalue weighted by atomic mass is 10.2. The molecule has 3 rings (SSSR count). The minimum Gasteiger partial charge on any atom is -0.362 e. The van der Waals surface area contributed by atoms with Crippen LogP contribution in [0.15, 0.2) is 51.1 Å². The van der Waals surface area contributed by atoms with E-state index < -0.39 is 22.0 Å². The maximum Gasteiger partial charge on any atom is 0.284 e. The number of nitrogens with one attached hydrogen (secondary N) is 2. The summed E-state index contributed by atoms with van der Waals surface area (Å²) in [6, 6.07) is 8.60. The van der Waals surface area contributed by atoms with E-state index in [1.165, 1.54) is 23.5 Å². The number of rotatable bonds is 6. The average Bonchev–Trinajstić information content (AvgIpc) is 3.20. The van der Waals surface area contributed by atoms with E-state index >= 15 is 0 Å². The standard InChI is InChI=1S/C21H26N4O4S2/c1-15(22-21(27)18-10-7-13-30-18)20(26)23-16-8-6-9-17(14-16)31(28,29)24-19-11-4-3-5-12-25(19)2/h6-10,13-15H,3-5,11-12H2,1-2H3,(H,22,27)(H,23,26). The zero-order valence-corrected chi connectivity index (χ0v) is 19.1. The van der Waals surface area contributed by atoms with Crippen molar-refractivity contribution in [1.29, 1.82) is 0 Å². The van der Waals surface area contributed by atoms with E-state index in [2.05, 4.69) is 15.0 Å². The largest absolute Gasteiger partial charge is 0.362 e. The van der Waals surface area contributed by atoms with Crippen LogP contribution in [0.4, 0.5) is 5.69 Å². The summed E-state index contributed by atoms with van der Waals surface area (Å²) in [5, 5.41) is 7.06. The van der Waals surface area contributed by atoms with E-state index in [4.69, 9.17) is 0 Å². The number of nitrogens with zero attached hydrogens (tertiary/aromatic N) is 2. The molecule has 1 aliphatic heterocycles. The molecule has 31 heavy (non-hydrogen) atoms. The van der Waals surface area contributed by atoms with Crippen molar-refractivity contribution in [2.24, 2.45) is 4.40 Å². The SMILES string of the molecule is CC(NC(=O)c1cccs1)C(=O)Nc1cccc(S(=O)(=O)N=C2CCCCCN2C)c1. The average molecular weight is 463 g/mol. The number of carbonyl (C=O) groups excluding carboxylic acids is 2. The van der Waals surface area contributed by atoms with Crippen molar-refractivity contribution in [3.8, 4) is 0 Å². The molecule has 2 heterocycles. The van der Waals surface area contributed by atoms with Crippen LogP contribution < -0.4 is 10.6 Å². The molecule has 1 saturated heterocycles. The first-order valence-corrected chi connectivity index (χ1v) is 12.4. The van der Waals surface area contributed by atoms with Crippen molar-refractivity contribution in [3.63, 3.8) is 0 Å². The third kappa shape index (κ3) is 6.14. The van der Waals surface area contributed by atoms with Crippen molar-refractivity contribution in [2.75, 3.05) is 18.9 Å². The van der Waals surface area contributed by atoms with Gasteiger partial charge in [0.25, 0.3) is 15.9 Å². The van der Waals surface area contributed by atoms with E-state index in [9.17, 15) is 18.0 Å². The smallest absolute Gasteiger partial charge is 0.284 e. The monoisotopic (exact) mass is 462 g/mol. The fraction of sp³-hybridized carbons (Fsp3) is 0.381. The van der Waals surface area contributed by atoms with Gasteiger partial charge in [0.15, 0.2) is 0 Å². The van der Waals surface area contributed by atoms with Crippen LogP contribution in [-0.2, 0) is 14.8 Å². The van der Waals surface area contributed by atoms with Crippen LogP contribution in [0.5, 0.6) is 0 Å². The summed E-state index contributed by atoms with van der Waals surface area (Å²) in [6.45, 7) is 2.34. The fourth-order valence-electron chi connectivity index (χ4n) is 3.16. The Kier molecular flexibility index (Phi) is 7.45. The summed E-state index contributed by atoms with van der Waals surface area (Å²) < 4.78 is 29.7. The van der Waals surface area contributed by atoms with Gasteiger partial charge in [0, 0.05) is 25.7 Å². The molecule has 0 radical (unpaired) electrons. The minimum absolute atomic E-state index is 0.00530. The van der Waals surface area contributed by atoms with Gasteiger partial charge in [0.1, 0.15) is 11.9 Å². The van der Waals surface area contributed by atoms with Crippen LogP contribution in [0.2, 0.25) is 0 Å². The number of hydrogen-bond donors (Lipinski definition) is 2. The molecule has 2 aromatic rings. The predicted octanol–water partition coefficient (Wildman–Crippen LogP) is 3.10. The Morgan fingerprint density at radius 1 is 1.16 bits per heavy atom. The molecule has 1 aromatic carbocycles. The zero-order chi connectivity index (χ0) is 22.4. The van der Waals surface area contributed by atoms with E-state index in [1.807, 2.05) is 11.9 Å². The number of sulfonamides is 1. The molecule has 10 heteroatoms. The third-order valence-electron chi connectivity index (χ3n) is 4.95. The van der Waals surface area contributed by atoms with Gasteiger partial charge in [-0.2, -0.15) is 8.42 Å². The minimum atomic E-state index is -3.91. The second kappa shape index (κ2) is 10.1. The summed E-state index contributed by atoms with van der Waals surface area (Å²) >= 11 is 1.28. The Balaban J connectivity index is 1.70. The summed E-state index contributed by atoms with van der Waals surface area (Å²) in [7, 11) is -2.06. The molecule has 8 nitrogen and oxygen atoms in total. The second-order valence-electron chi connectivity index (χ2n) is 7.40. The highest BCUT2D eigenvalue weighted by Gasteiger charge is 2.20. The molecule has 0 aliphatic carbocycles. The Morgan fingerprint density at radius 2 is 1.97 bits per heavy atom.